The summed E-state index contributed by atoms with van der Waals surface area (Å²) >= 11 is 1.72. The van der Waals surface area contributed by atoms with Crippen molar-refractivity contribution in [3.05, 3.63) is 51.2 Å². The molecule has 2 aromatic rings. The second kappa shape index (κ2) is 16.2. The molecule has 3 rings (SSSR count). The summed E-state index contributed by atoms with van der Waals surface area (Å²) in [5.41, 5.74) is 4.67. The topological polar surface area (TPSA) is 89.5 Å². The van der Waals surface area contributed by atoms with E-state index in [9.17, 15) is 9.59 Å². The second-order valence-electron chi connectivity index (χ2n) is 9.50. The van der Waals surface area contributed by atoms with Crippen molar-refractivity contribution < 1.29 is 14.4 Å². The zero-order chi connectivity index (χ0) is 28.9. The fourth-order valence-electron chi connectivity index (χ4n) is 4.04. The molecule has 2 N–H and O–H groups in total. The number of anilines is 1. The van der Waals surface area contributed by atoms with Crippen LogP contribution in [0.4, 0.5) is 5.69 Å². The van der Waals surface area contributed by atoms with E-state index in [0.29, 0.717) is 19.6 Å². The molecule has 1 aromatic carbocycles. The van der Waals surface area contributed by atoms with Gasteiger partial charge in [0.25, 0.3) is 5.91 Å². The molecule has 0 aliphatic carbocycles. The summed E-state index contributed by atoms with van der Waals surface area (Å²) < 4.78 is 0. The molecule has 1 aromatic heterocycles. The quantitative estimate of drug-likeness (QED) is 0.218. The Hall–Kier alpha value is -2.95. The number of aryl methyl sites for hydroxylation is 1. The molecule has 0 atom stereocenters. The third-order valence-electron chi connectivity index (χ3n) is 6.20. The van der Waals surface area contributed by atoms with Crippen LogP contribution in [0.25, 0.3) is 0 Å². The maximum Gasteiger partial charge on any atom is 0.256 e. The molecule has 0 bridgehead atoms. The van der Waals surface area contributed by atoms with Crippen molar-refractivity contribution in [1.82, 2.24) is 20.7 Å². The Bertz CT molecular complexity index is 1080. The minimum absolute atomic E-state index is 0.0224. The van der Waals surface area contributed by atoms with Gasteiger partial charge in [0, 0.05) is 42.8 Å². The molecule has 10 heteroatoms. The number of fused-ring (bicyclic) bond motifs is 1. The van der Waals surface area contributed by atoms with E-state index < -0.39 is 0 Å². The molecule has 0 saturated carbocycles. The number of likely N-dealkylation sites (N-methyl/N-ethyl adjacent to an activating group) is 2. The summed E-state index contributed by atoms with van der Waals surface area (Å²) in [6, 6.07) is 8.06. The van der Waals surface area contributed by atoms with Gasteiger partial charge in [0.15, 0.2) is 0 Å². The van der Waals surface area contributed by atoms with Gasteiger partial charge in [-0.1, -0.05) is 38.1 Å². The number of nitrogens with one attached hydrogen (secondary N) is 2. The van der Waals surface area contributed by atoms with Crippen molar-refractivity contribution in [3.8, 4) is 0 Å². The van der Waals surface area contributed by atoms with E-state index in [1.807, 2.05) is 76.6 Å². The number of thiophene rings is 1. The van der Waals surface area contributed by atoms with Crippen LogP contribution < -0.4 is 15.5 Å². The molecule has 39 heavy (non-hydrogen) atoms. The standard InChI is InChI=1S/C27H40N6O3S.C2H6/c1-7-28-11-12-29-26(34)17-32(18-27(35)31(6)33-15-23-10-13-37-25(23)16-33)24-14-22(9-8-20(24)4)21(5)30-36-19(2)3;1-2/h8-10,13-14,19,28H,7,11-12,15-18H2,1-6H3,(H,29,34);1-2H3/b30-21+;. The predicted molar refractivity (Wildman–Crippen MR) is 161 cm³/mol. The van der Waals surface area contributed by atoms with Gasteiger partial charge in [-0.25, -0.2) is 5.01 Å². The van der Waals surface area contributed by atoms with Crippen LogP contribution in [0.3, 0.4) is 0 Å². The predicted octanol–water partition coefficient (Wildman–Crippen LogP) is 4.15. The van der Waals surface area contributed by atoms with Gasteiger partial charge in [0.1, 0.15) is 6.10 Å². The molecule has 0 saturated heterocycles. The highest BCUT2D eigenvalue weighted by molar-refractivity contribution is 7.10. The Morgan fingerprint density at radius 1 is 1.15 bits per heavy atom. The maximum absolute atomic E-state index is 13.4. The van der Waals surface area contributed by atoms with E-state index >= 15 is 0 Å². The Kier molecular flexibility index (Phi) is 13.4. The van der Waals surface area contributed by atoms with E-state index in [-0.39, 0.29) is 31.0 Å². The highest BCUT2D eigenvalue weighted by atomic mass is 32.1. The molecule has 216 valence electrons. The van der Waals surface area contributed by atoms with Crippen LogP contribution in [0.5, 0.6) is 0 Å². The summed E-state index contributed by atoms with van der Waals surface area (Å²) in [5.74, 6) is -0.205. The molecule has 2 amide bonds. The van der Waals surface area contributed by atoms with Gasteiger partial charge in [-0.2, -0.15) is 0 Å². The van der Waals surface area contributed by atoms with Gasteiger partial charge in [0.2, 0.25) is 5.91 Å². The van der Waals surface area contributed by atoms with Gasteiger partial charge in [0.05, 0.1) is 25.3 Å². The lowest BCUT2D eigenvalue weighted by Crippen LogP contribution is -2.48. The first-order valence-electron chi connectivity index (χ1n) is 13.8. The first kappa shape index (κ1) is 32.3. The number of amides is 2. The van der Waals surface area contributed by atoms with Gasteiger partial charge >= 0.3 is 0 Å². The lowest BCUT2D eigenvalue weighted by Gasteiger charge is -2.32. The summed E-state index contributed by atoms with van der Waals surface area (Å²) in [7, 11) is 1.80. The van der Waals surface area contributed by atoms with Crippen LogP contribution >= 0.6 is 11.3 Å². The largest absolute Gasteiger partial charge is 0.393 e. The second-order valence-corrected chi connectivity index (χ2v) is 10.5. The molecule has 1 aliphatic heterocycles. The number of oxime groups is 1. The number of nitrogens with zero attached hydrogens (tertiary/aromatic N) is 4. The molecular weight excluding hydrogens is 512 g/mol. The number of carbonyl (C=O) groups is 2. The normalized spacial score (nSPS) is 13.0. The SMILES string of the molecule is CC.CCNCCNC(=O)CN(CC(=O)N(C)N1Cc2ccsc2C1)c1cc(/C(C)=N/OC(C)C)ccc1C. The third kappa shape index (κ3) is 9.63. The molecule has 0 radical (unpaired) electrons. The Balaban J connectivity index is 0.00000260. The fourth-order valence-corrected chi connectivity index (χ4v) is 4.94. The molecule has 0 spiro atoms. The first-order valence-corrected chi connectivity index (χ1v) is 14.7. The van der Waals surface area contributed by atoms with Gasteiger partial charge in [-0.3, -0.25) is 14.6 Å². The average molecular weight is 559 g/mol. The van der Waals surface area contributed by atoms with Gasteiger partial charge in [-0.15, -0.1) is 11.3 Å². The van der Waals surface area contributed by atoms with E-state index in [0.717, 1.165) is 35.6 Å². The lowest BCUT2D eigenvalue weighted by atomic mass is 10.1. The number of hydrogen-bond acceptors (Lipinski definition) is 8. The summed E-state index contributed by atoms with van der Waals surface area (Å²) in [4.78, 5) is 34.9. The summed E-state index contributed by atoms with van der Waals surface area (Å²) in [6.07, 6.45) is -0.0224. The van der Waals surface area contributed by atoms with Crippen molar-refractivity contribution in [2.24, 2.45) is 5.16 Å². The van der Waals surface area contributed by atoms with Gasteiger partial charge in [-0.05, 0) is 62.9 Å². The lowest BCUT2D eigenvalue weighted by molar-refractivity contribution is -0.145. The smallest absolute Gasteiger partial charge is 0.256 e. The zero-order valence-electron chi connectivity index (χ0n) is 24.8. The van der Waals surface area contributed by atoms with Crippen LogP contribution in [-0.4, -0.2) is 73.4 Å². The van der Waals surface area contributed by atoms with E-state index in [2.05, 4.69) is 27.2 Å². The summed E-state index contributed by atoms with van der Waals surface area (Å²) in [5, 5.41) is 16.2. The molecular formula is C29H46N6O3S. The highest BCUT2D eigenvalue weighted by Gasteiger charge is 2.28. The van der Waals surface area contributed by atoms with Crippen LogP contribution in [0.1, 0.15) is 63.1 Å². The maximum atomic E-state index is 13.4. The summed E-state index contributed by atoms with van der Waals surface area (Å²) in [6.45, 7) is 17.4. The van der Waals surface area contributed by atoms with Crippen LogP contribution in [0, 0.1) is 6.92 Å². The van der Waals surface area contributed by atoms with Gasteiger partial charge < -0.3 is 20.4 Å². The van der Waals surface area contributed by atoms with Crippen LogP contribution in [0.2, 0.25) is 0 Å². The number of carbonyl (C=O) groups excluding carboxylic acids is 2. The minimum Gasteiger partial charge on any atom is -0.393 e. The molecule has 9 nitrogen and oxygen atoms in total. The van der Waals surface area contributed by atoms with E-state index in [4.69, 9.17) is 4.84 Å². The molecule has 0 unspecified atom stereocenters. The zero-order valence-corrected chi connectivity index (χ0v) is 25.7. The van der Waals surface area contributed by atoms with Crippen LogP contribution in [0.15, 0.2) is 34.8 Å². The number of hydrogen-bond donors (Lipinski definition) is 2. The molecule has 0 fully saturated rings. The Morgan fingerprint density at radius 3 is 2.56 bits per heavy atom. The van der Waals surface area contributed by atoms with Crippen molar-refractivity contribution in [3.63, 3.8) is 0 Å². The average Bonchev–Trinajstić information content (AvgIpc) is 3.53. The van der Waals surface area contributed by atoms with Crippen molar-refractivity contribution >= 4 is 34.6 Å². The molecule has 2 heterocycles. The Labute approximate surface area is 238 Å². The van der Waals surface area contributed by atoms with Crippen molar-refractivity contribution in [1.29, 1.82) is 0 Å². The number of hydrazine groups is 1. The van der Waals surface area contributed by atoms with Crippen molar-refractivity contribution in [2.45, 2.75) is 67.7 Å². The van der Waals surface area contributed by atoms with Crippen LogP contribution in [-0.2, 0) is 27.5 Å². The minimum atomic E-state index is -0.130. The van der Waals surface area contributed by atoms with Crippen molar-refractivity contribution in [2.75, 3.05) is 44.7 Å². The third-order valence-corrected chi connectivity index (χ3v) is 7.15. The monoisotopic (exact) mass is 558 g/mol. The van der Waals surface area contributed by atoms with E-state index in [1.54, 1.807) is 23.4 Å². The fraction of sp³-hybridized carbons (Fsp3) is 0.552. The number of benzene rings is 1. The Morgan fingerprint density at radius 2 is 1.90 bits per heavy atom. The van der Waals surface area contributed by atoms with E-state index in [1.165, 1.54) is 10.4 Å². The number of rotatable bonds is 13. The first-order chi connectivity index (χ1) is 18.7. The molecule has 1 aliphatic rings. The highest BCUT2D eigenvalue weighted by Crippen LogP contribution is 2.28.